The van der Waals surface area contributed by atoms with Gasteiger partial charge in [-0.05, 0) is 19.1 Å². The summed E-state index contributed by atoms with van der Waals surface area (Å²) in [6.45, 7) is 1.66. The maximum absolute atomic E-state index is 12.7. The van der Waals surface area contributed by atoms with Crippen LogP contribution in [-0.4, -0.2) is 35.2 Å². The molecule has 1 aromatic rings. The zero-order valence-corrected chi connectivity index (χ0v) is 11.5. The monoisotopic (exact) mass is 285 g/mol. The van der Waals surface area contributed by atoms with Crippen LogP contribution in [-0.2, 0) is 14.3 Å². The van der Waals surface area contributed by atoms with Crippen molar-refractivity contribution in [3.63, 3.8) is 0 Å². The summed E-state index contributed by atoms with van der Waals surface area (Å²) in [6.07, 6.45) is 3.10. The number of aryl methyl sites for hydroxylation is 1. The molecule has 108 valence electrons. The first kappa shape index (κ1) is 12.7. The third kappa shape index (κ3) is 1.47. The Bertz CT molecular complexity index is 665. The molecule has 2 saturated heterocycles. The number of hydrogen-bond donors (Lipinski definition) is 1. The number of amides is 2. The van der Waals surface area contributed by atoms with Crippen molar-refractivity contribution in [3.8, 4) is 0 Å². The molecule has 0 aromatic heterocycles. The van der Waals surface area contributed by atoms with Gasteiger partial charge in [-0.2, -0.15) is 0 Å². The van der Waals surface area contributed by atoms with E-state index in [-0.39, 0.29) is 18.4 Å². The average molecular weight is 285 g/mol. The minimum Gasteiger partial charge on any atom is -0.393 e. The second kappa shape index (κ2) is 4.02. The number of carbonyl (C=O) groups excluding carboxylic acids is 2. The molecule has 0 spiro atoms. The van der Waals surface area contributed by atoms with Crippen LogP contribution in [0.3, 0.4) is 0 Å². The number of imide groups is 1. The minimum atomic E-state index is -1.03. The Labute approximate surface area is 121 Å². The van der Waals surface area contributed by atoms with Gasteiger partial charge in [-0.15, -0.1) is 0 Å². The van der Waals surface area contributed by atoms with Crippen molar-refractivity contribution in [2.45, 2.75) is 18.6 Å². The topological polar surface area (TPSA) is 66.8 Å². The van der Waals surface area contributed by atoms with Gasteiger partial charge in [0.2, 0.25) is 11.8 Å². The van der Waals surface area contributed by atoms with Gasteiger partial charge in [-0.3, -0.25) is 9.59 Å². The molecule has 5 heteroatoms. The zero-order chi connectivity index (χ0) is 14.8. The molecular formula is C16H15NO4. The van der Waals surface area contributed by atoms with Gasteiger partial charge >= 0.3 is 0 Å². The van der Waals surface area contributed by atoms with Crippen LogP contribution in [0.25, 0.3) is 0 Å². The van der Waals surface area contributed by atoms with E-state index < -0.39 is 23.5 Å². The fraction of sp³-hybridized carbons (Fsp3) is 0.375. The fourth-order valence-corrected chi connectivity index (χ4v) is 3.63. The molecule has 0 aliphatic carbocycles. The third-order valence-corrected chi connectivity index (χ3v) is 4.69. The molecule has 0 saturated carbocycles. The highest BCUT2D eigenvalue weighted by Crippen LogP contribution is 2.52. The van der Waals surface area contributed by atoms with Gasteiger partial charge in [0, 0.05) is 0 Å². The zero-order valence-electron chi connectivity index (χ0n) is 11.5. The number of aliphatic hydroxyl groups excluding tert-OH is 1. The van der Waals surface area contributed by atoms with Crippen molar-refractivity contribution in [1.82, 2.24) is 0 Å². The number of ether oxygens (including phenoxy) is 1. The number of anilines is 1. The predicted octanol–water partition coefficient (Wildman–Crippen LogP) is 0.800. The van der Waals surface area contributed by atoms with Crippen molar-refractivity contribution < 1.29 is 19.4 Å². The Morgan fingerprint density at radius 3 is 2.62 bits per heavy atom. The lowest BCUT2D eigenvalue weighted by Crippen LogP contribution is -2.43. The van der Waals surface area contributed by atoms with Crippen LogP contribution >= 0.6 is 0 Å². The number of hydrogen-bond acceptors (Lipinski definition) is 4. The SMILES string of the molecule is Cc1ccc(N2C(=O)[C@@H]3[C@@H]4C=C[C@@](CO)(O4)[C@@H]3C2=O)cc1. The molecule has 4 rings (SSSR count). The molecule has 5 nitrogen and oxygen atoms in total. The lowest BCUT2D eigenvalue weighted by molar-refractivity contribution is -0.128. The molecule has 0 unspecified atom stereocenters. The van der Waals surface area contributed by atoms with Crippen LogP contribution in [0.1, 0.15) is 5.56 Å². The molecule has 0 radical (unpaired) electrons. The van der Waals surface area contributed by atoms with Gasteiger partial charge in [0.05, 0.1) is 30.2 Å². The van der Waals surface area contributed by atoms with E-state index in [2.05, 4.69) is 0 Å². The van der Waals surface area contributed by atoms with Gasteiger partial charge in [0.25, 0.3) is 0 Å². The van der Waals surface area contributed by atoms with Crippen LogP contribution < -0.4 is 4.90 Å². The van der Waals surface area contributed by atoms with Gasteiger partial charge in [-0.1, -0.05) is 29.8 Å². The van der Waals surface area contributed by atoms with Gasteiger partial charge in [-0.25, -0.2) is 4.90 Å². The van der Waals surface area contributed by atoms with E-state index in [0.717, 1.165) is 5.56 Å². The Kier molecular flexibility index (Phi) is 2.44. The van der Waals surface area contributed by atoms with E-state index in [9.17, 15) is 14.7 Å². The van der Waals surface area contributed by atoms with E-state index in [1.807, 2.05) is 19.1 Å². The molecule has 3 heterocycles. The predicted molar refractivity (Wildman–Crippen MR) is 74.5 cm³/mol. The molecule has 1 N–H and O–H groups in total. The summed E-state index contributed by atoms with van der Waals surface area (Å²) in [4.78, 5) is 26.6. The first-order valence-electron chi connectivity index (χ1n) is 7.00. The highest BCUT2D eigenvalue weighted by Gasteiger charge is 2.67. The van der Waals surface area contributed by atoms with Crippen LogP contribution in [0.2, 0.25) is 0 Å². The van der Waals surface area contributed by atoms with Crippen molar-refractivity contribution in [3.05, 3.63) is 42.0 Å². The van der Waals surface area contributed by atoms with E-state index in [0.29, 0.717) is 5.69 Å². The molecule has 2 amide bonds. The van der Waals surface area contributed by atoms with Gasteiger partial charge in [0.15, 0.2) is 0 Å². The number of carbonyl (C=O) groups is 2. The van der Waals surface area contributed by atoms with E-state index in [1.54, 1.807) is 24.3 Å². The van der Waals surface area contributed by atoms with E-state index in [4.69, 9.17) is 4.74 Å². The standard InChI is InChI=1S/C16H15NO4/c1-9-2-4-10(5-3-9)17-14(19)12-11-6-7-16(8-18,21-11)13(12)15(17)20/h2-7,11-13,18H,8H2,1H3/t11-,12+,13-,16-/m0/s1. The summed E-state index contributed by atoms with van der Waals surface area (Å²) >= 11 is 0. The lowest BCUT2D eigenvalue weighted by atomic mass is 9.77. The lowest BCUT2D eigenvalue weighted by Gasteiger charge is -2.26. The Morgan fingerprint density at radius 2 is 1.95 bits per heavy atom. The van der Waals surface area contributed by atoms with Gasteiger partial charge < -0.3 is 9.84 Å². The first-order chi connectivity index (χ1) is 10.1. The molecule has 2 fully saturated rings. The second-order valence-electron chi connectivity index (χ2n) is 5.91. The van der Waals surface area contributed by atoms with Crippen LogP contribution in [0.5, 0.6) is 0 Å². The minimum absolute atomic E-state index is 0.237. The molecule has 2 bridgehead atoms. The van der Waals surface area contributed by atoms with Crippen molar-refractivity contribution in [2.24, 2.45) is 11.8 Å². The number of aliphatic hydroxyl groups is 1. The molecule has 21 heavy (non-hydrogen) atoms. The smallest absolute Gasteiger partial charge is 0.241 e. The van der Waals surface area contributed by atoms with Crippen molar-refractivity contribution in [1.29, 1.82) is 0 Å². The van der Waals surface area contributed by atoms with Crippen molar-refractivity contribution in [2.75, 3.05) is 11.5 Å². The second-order valence-corrected chi connectivity index (χ2v) is 5.91. The quantitative estimate of drug-likeness (QED) is 0.645. The Morgan fingerprint density at radius 1 is 1.24 bits per heavy atom. The normalized spacial score (nSPS) is 36.7. The molecule has 3 aliphatic heterocycles. The summed E-state index contributed by atoms with van der Waals surface area (Å²) < 4.78 is 5.69. The number of rotatable bonds is 2. The number of benzene rings is 1. The summed E-state index contributed by atoms with van der Waals surface area (Å²) in [5, 5.41) is 9.63. The fourth-order valence-electron chi connectivity index (χ4n) is 3.63. The first-order valence-corrected chi connectivity index (χ1v) is 7.00. The third-order valence-electron chi connectivity index (χ3n) is 4.69. The summed E-state index contributed by atoms with van der Waals surface area (Å²) in [5.74, 6) is -1.66. The highest BCUT2D eigenvalue weighted by molar-refractivity contribution is 6.23. The largest absolute Gasteiger partial charge is 0.393 e. The molecular weight excluding hydrogens is 270 g/mol. The van der Waals surface area contributed by atoms with Gasteiger partial charge in [0.1, 0.15) is 5.60 Å². The van der Waals surface area contributed by atoms with Crippen LogP contribution in [0.4, 0.5) is 5.69 Å². The number of nitrogens with zero attached hydrogens (tertiary/aromatic N) is 1. The highest BCUT2D eigenvalue weighted by atomic mass is 16.5. The Hall–Kier alpha value is -1.98. The van der Waals surface area contributed by atoms with E-state index >= 15 is 0 Å². The van der Waals surface area contributed by atoms with Crippen LogP contribution in [0, 0.1) is 18.8 Å². The summed E-state index contributed by atoms with van der Waals surface area (Å²) in [7, 11) is 0. The summed E-state index contributed by atoms with van der Waals surface area (Å²) in [6, 6.07) is 7.28. The molecule has 3 aliphatic rings. The maximum atomic E-state index is 12.7. The molecule has 4 atom stereocenters. The van der Waals surface area contributed by atoms with E-state index in [1.165, 1.54) is 4.90 Å². The maximum Gasteiger partial charge on any atom is 0.241 e. The molecule has 1 aromatic carbocycles. The summed E-state index contributed by atoms with van der Waals surface area (Å²) in [5.41, 5.74) is 0.619. The number of fused-ring (bicyclic) bond motifs is 5. The van der Waals surface area contributed by atoms with Crippen LogP contribution in [0.15, 0.2) is 36.4 Å². The average Bonchev–Trinajstić information content (AvgIpc) is 3.12. The Balaban J connectivity index is 1.77. The van der Waals surface area contributed by atoms with Crippen molar-refractivity contribution >= 4 is 17.5 Å².